The Morgan fingerprint density at radius 2 is 2.00 bits per heavy atom. The quantitative estimate of drug-likeness (QED) is 0.729. The van der Waals surface area contributed by atoms with E-state index in [1.165, 1.54) is 32.4 Å². The first-order chi connectivity index (χ1) is 9.94. The molecule has 2 aliphatic rings. The van der Waals surface area contributed by atoms with E-state index < -0.39 is 9.84 Å². The highest BCUT2D eigenvalue weighted by Gasteiger charge is 2.28. The van der Waals surface area contributed by atoms with Gasteiger partial charge in [0.1, 0.15) is 0 Å². The molecule has 1 N–H and O–H groups in total. The summed E-state index contributed by atoms with van der Waals surface area (Å²) in [5, 5.41) is 2.83. The van der Waals surface area contributed by atoms with Crippen molar-refractivity contribution in [3.8, 4) is 0 Å². The number of carbonyl (C=O) groups is 1. The van der Waals surface area contributed by atoms with Gasteiger partial charge in [0, 0.05) is 19.1 Å². The second kappa shape index (κ2) is 7.56. The number of sulfone groups is 1. The summed E-state index contributed by atoms with van der Waals surface area (Å²) in [5.74, 6) is 0.220. The van der Waals surface area contributed by atoms with Crippen LogP contribution in [0.25, 0.3) is 0 Å². The first-order valence-corrected chi connectivity index (χ1v) is 9.67. The fraction of sp³-hybridized carbons (Fsp3) is 0.929. The maximum atomic E-state index is 11.9. The normalized spacial score (nSPS) is 26.1. The predicted octanol–water partition coefficient (Wildman–Crippen LogP) is -0.293. The van der Waals surface area contributed by atoms with Gasteiger partial charge < -0.3 is 10.2 Å². The van der Waals surface area contributed by atoms with Crippen LogP contribution in [0.1, 0.15) is 25.7 Å². The first kappa shape index (κ1) is 16.7. The highest BCUT2D eigenvalue weighted by molar-refractivity contribution is 7.91. The van der Waals surface area contributed by atoms with E-state index in [2.05, 4.69) is 10.2 Å². The number of rotatable bonds is 6. The van der Waals surface area contributed by atoms with Crippen molar-refractivity contribution >= 4 is 15.7 Å². The Hall–Kier alpha value is -0.660. The van der Waals surface area contributed by atoms with Crippen molar-refractivity contribution in [3.63, 3.8) is 0 Å². The number of likely N-dealkylation sites (tertiary alicyclic amines) is 1. The molecule has 1 amide bonds. The van der Waals surface area contributed by atoms with Crippen molar-refractivity contribution < 1.29 is 13.2 Å². The van der Waals surface area contributed by atoms with Gasteiger partial charge in [0.05, 0.1) is 18.1 Å². The van der Waals surface area contributed by atoms with Crippen LogP contribution in [0, 0.1) is 0 Å². The summed E-state index contributed by atoms with van der Waals surface area (Å²) in [7, 11) is -0.990. The van der Waals surface area contributed by atoms with Gasteiger partial charge in [-0.05, 0) is 39.4 Å². The van der Waals surface area contributed by atoms with Crippen molar-refractivity contribution in [1.29, 1.82) is 0 Å². The molecule has 0 spiro atoms. The SMILES string of the molecule is CN(CCN1CCCCC1)CC(=O)NC1CCS(=O)(=O)C1. The molecule has 0 saturated carbocycles. The minimum atomic E-state index is -2.93. The molecule has 7 heteroatoms. The number of hydrogen-bond acceptors (Lipinski definition) is 5. The number of carbonyl (C=O) groups excluding carboxylic acids is 1. The Bertz CT molecular complexity index is 446. The third kappa shape index (κ3) is 5.92. The van der Waals surface area contributed by atoms with Gasteiger partial charge in [-0.15, -0.1) is 0 Å². The molecular formula is C14H27N3O3S. The molecule has 1 atom stereocenters. The lowest BCUT2D eigenvalue weighted by molar-refractivity contribution is -0.122. The van der Waals surface area contributed by atoms with E-state index in [4.69, 9.17) is 0 Å². The molecule has 2 saturated heterocycles. The molecule has 0 radical (unpaired) electrons. The molecule has 0 aromatic heterocycles. The van der Waals surface area contributed by atoms with Crippen molar-refractivity contribution in [2.45, 2.75) is 31.7 Å². The molecule has 2 fully saturated rings. The van der Waals surface area contributed by atoms with E-state index >= 15 is 0 Å². The third-order valence-corrected chi connectivity index (χ3v) is 6.03. The number of piperidine rings is 1. The van der Waals surface area contributed by atoms with Crippen LogP contribution in [-0.4, -0.2) is 81.4 Å². The number of hydrogen-bond donors (Lipinski definition) is 1. The van der Waals surface area contributed by atoms with Crippen LogP contribution in [0.15, 0.2) is 0 Å². The van der Waals surface area contributed by atoms with Gasteiger partial charge in [-0.2, -0.15) is 0 Å². The van der Waals surface area contributed by atoms with Crippen LogP contribution >= 0.6 is 0 Å². The molecule has 122 valence electrons. The second-order valence-electron chi connectivity index (χ2n) is 6.31. The highest BCUT2D eigenvalue weighted by Crippen LogP contribution is 2.11. The molecule has 0 aromatic rings. The Morgan fingerprint density at radius 1 is 1.29 bits per heavy atom. The maximum Gasteiger partial charge on any atom is 0.234 e. The minimum absolute atomic E-state index is 0.0711. The zero-order valence-electron chi connectivity index (χ0n) is 12.9. The van der Waals surface area contributed by atoms with Crippen molar-refractivity contribution in [2.75, 3.05) is 51.3 Å². The summed E-state index contributed by atoms with van der Waals surface area (Å²) in [4.78, 5) is 16.4. The Kier molecular flexibility index (Phi) is 6.01. The first-order valence-electron chi connectivity index (χ1n) is 7.85. The van der Waals surface area contributed by atoms with Crippen LogP contribution in [0.2, 0.25) is 0 Å². The molecule has 2 heterocycles. The largest absolute Gasteiger partial charge is 0.351 e. The summed E-state index contributed by atoms with van der Waals surface area (Å²) < 4.78 is 22.7. The van der Waals surface area contributed by atoms with Crippen LogP contribution in [-0.2, 0) is 14.6 Å². The highest BCUT2D eigenvalue weighted by atomic mass is 32.2. The van der Waals surface area contributed by atoms with Gasteiger partial charge in [-0.25, -0.2) is 8.42 Å². The molecule has 2 aliphatic heterocycles. The Balaban J connectivity index is 1.62. The fourth-order valence-electron chi connectivity index (χ4n) is 3.00. The van der Waals surface area contributed by atoms with Gasteiger partial charge in [0.15, 0.2) is 9.84 Å². The van der Waals surface area contributed by atoms with Crippen LogP contribution in [0.3, 0.4) is 0 Å². The van der Waals surface area contributed by atoms with Crippen LogP contribution in [0.4, 0.5) is 0 Å². The average Bonchev–Trinajstić information content (AvgIpc) is 2.76. The topological polar surface area (TPSA) is 69.7 Å². The van der Waals surface area contributed by atoms with Gasteiger partial charge >= 0.3 is 0 Å². The molecule has 0 aromatic carbocycles. The Labute approximate surface area is 127 Å². The summed E-state index contributed by atoms with van der Waals surface area (Å²) in [5.41, 5.74) is 0. The van der Waals surface area contributed by atoms with Gasteiger partial charge in [0.25, 0.3) is 0 Å². The molecule has 0 aliphatic carbocycles. The summed E-state index contributed by atoms with van der Waals surface area (Å²) >= 11 is 0. The minimum Gasteiger partial charge on any atom is -0.351 e. The van der Waals surface area contributed by atoms with Crippen molar-refractivity contribution in [2.24, 2.45) is 0 Å². The van der Waals surface area contributed by atoms with Gasteiger partial charge in [-0.3, -0.25) is 9.69 Å². The van der Waals surface area contributed by atoms with E-state index in [0.717, 1.165) is 13.1 Å². The monoisotopic (exact) mass is 317 g/mol. The molecule has 2 rings (SSSR count). The lowest BCUT2D eigenvalue weighted by Crippen LogP contribution is -2.43. The van der Waals surface area contributed by atoms with E-state index in [0.29, 0.717) is 13.0 Å². The third-order valence-electron chi connectivity index (χ3n) is 4.26. The fourth-order valence-corrected chi connectivity index (χ4v) is 4.67. The van der Waals surface area contributed by atoms with Gasteiger partial charge in [0.2, 0.25) is 5.91 Å². The molecule has 0 bridgehead atoms. The zero-order valence-corrected chi connectivity index (χ0v) is 13.7. The molecule has 21 heavy (non-hydrogen) atoms. The number of nitrogens with zero attached hydrogens (tertiary/aromatic N) is 2. The van der Waals surface area contributed by atoms with Crippen LogP contribution in [0.5, 0.6) is 0 Å². The Morgan fingerprint density at radius 3 is 2.62 bits per heavy atom. The summed E-state index contributed by atoms with van der Waals surface area (Å²) in [6.07, 6.45) is 4.44. The van der Waals surface area contributed by atoms with E-state index in [1.807, 2.05) is 11.9 Å². The number of likely N-dealkylation sites (N-methyl/N-ethyl adjacent to an activating group) is 1. The van der Waals surface area contributed by atoms with E-state index in [-0.39, 0.29) is 23.5 Å². The van der Waals surface area contributed by atoms with Crippen molar-refractivity contribution in [3.05, 3.63) is 0 Å². The average molecular weight is 317 g/mol. The predicted molar refractivity (Wildman–Crippen MR) is 83.0 cm³/mol. The number of amides is 1. The summed E-state index contributed by atoms with van der Waals surface area (Å²) in [6.45, 7) is 4.54. The smallest absolute Gasteiger partial charge is 0.234 e. The molecule has 1 unspecified atom stereocenters. The lowest BCUT2D eigenvalue weighted by Gasteiger charge is -2.28. The van der Waals surface area contributed by atoms with Crippen LogP contribution < -0.4 is 5.32 Å². The van der Waals surface area contributed by atoms with Gasteiger partial charge in [-0.1, -0.05) is 6.42 Å². The second-order valence-corrected chi connectivity index (χ2v) is 8.54. The lowest BCUT2D eigenvalue weighted by atomic mass is 10.1. The zero-order chi connectivity index (χ0) is 15.3. The standard InChI is InChI=1S/C14H27N3O3S/c1-16(8-9-17-6-3-2-4-7-17)11-14(18)15-13-5-10-21(19,20)12-13/h13H,2-12H2,1H3,(H,15,18). The van der Waals surface area contributed by atoms with E-state index in [9.17, 15) is 13.2 Å². The van der Waals surface area contributed by atoms with Crippen molar-refractivity contribution in [1.82, 2.24) is 15.1 Å². The number of nitrogens with one attached hydrogen (secondary N) is 1. The summed E-state index contributed by atoms with van der Waals surface area (Å²) in [6, 6.07) is -0.196. The maximum absolute atomic E-state index is 11.9. The van der Waals surface area contributed by atoms with E-state index in [1.54, 1.807) is 0 Å². The molecular weight excluding hydrogens is 290 g/mol. The molecule has 6 nitrogen and oxygen atoms in total.